The van der Waals surface area contributed by atoms with Gasteiger partial charge in [0.05, 0.1) is 6.42 Å². The van der Waals surface area contributed by atoms with Gasteiger partial charge in [-0.05, 0) is 24.6 Å². The molecule has 1 atom stereocenters. The zero-order valence-corrected chi connectivity index (χ0v) is 11.2. The first kappa shape index (κ1) is 14.9. The summed E-state index contributed by atoms with van der Waals surface area (Å²) in [6.07, 6.45) is 0.280. The van der Waals surface area contributed by atoms with Gasteiger partial charge in [0.2, 0.25) is 5.91 Å². The molecule has 1 saturated heterocycles. The topological polar surface area (TPSA) is 32.3 Å². The third kappa shape index (κ3) is 3.68. The Labute approximate surface area is 113 Å². The number of nitrogens with one attached hydrogen (secondary N) is 1. The number of hydrogen-bond acceptors (Lipinski definition) is 2. The van der Waals surface area contributed by atoms with E-state index in [9.17, 15) is 9.18 Å². The van der Waals surface area contributed by atoms with Gasteiger partial charge in [0.1, 0.15) is 5.82 Å². The average molecular weight is 273 g/mol. The lowest BCUT2D eigenvalue weighted by molar-refractivity contribution is -0.133. The van der Waals surface area contributed by atoms with E-state index in [-0.39, 0.29) is 36.6 Å². The molecule has 3 nitrogen and oxygen atoms in total. The van der Waals surface area contributed by atoms with Crippen LogP contribution in [0.15, 0.2) is 24.3 Å². The van der Waals surface area contributed by atoms with Gasteiger partial charge in [-0.2, -0.15) is 0 Å². The highest BCUT2D eigenvalue weighted by molar-refractivity contribution is 5.85. The van der Waals surface area contributed by atoms with Crippen LogP contribution in [0.25, 0.3) is 0 Å². The van der Waals surface area contributed by atoms with Gasteiger partial charge in [-0.3, -0.25) is 4.79 Å². The smallest absolute Gasteiger partial charge is 0.227 e. The minimum Gasteiger partial charge on any atom is -0.337 e. The summed E-state index contributed by atoms with van der Waals surface area (Å²) >= 11 is 0. The molecule has 1 aromatic carbocycles. The Morgan fingerprint density at radius 3 is 3.00 bits per heavy atom. The maximum atomic E-state index is 13.0. The van der Waals surface area contributed by atoms with Crippen molar-refractivity contribution in [2.24, 2.45) is 0 Å². The third-order valence-corrected chi connectivity index (χ3v) is 3.07. The molecule has 0 spiro atoms. The lowest BCUT2D eigenvalue weighted by Crippen LogP contribution is -2.52. The zero-order chi connectivity index (χ0) is 12.3. The van der Waals surface area contributed by atoms with Crippen molar-refractivity contribution in [2.75, 3.05) is 19.6 Å². The number of carbonyl (C=O) groups excluding carboxylic acids is 1. The van der Waals surface area contributed by atoms with Crippen molar-refractivity contribution >= 4 is 18.3 Å². The highest BCUT2D eigenvalue weighted by atomic mass is 35.5. The SMILES string of the molecule is C[C@H]1CNCCN1C(=O)Cc1cccc(F)c1.Cl. The molecule has 0 radical (unpaired) electrons. The lowest BCUT2D eigenvalue weighted by atomic mass is 10.1. The van der Waals surface area contributed by atoms with Gasteiger partial charge in [-0.15, -0.1) is 12.4 Å². The third-order valence-electron chi connectivity index (χ3n) is 3.07. The molecule has 1 heterocycles. The van der Waals surface area contributed by atoms with E-state index in [1.807, 2.05) is 11.8 Å². The largest absolute Gasteiger partial charge is 0.337 e. The molecule has 1 fully saturated rings. The van der Waals surface area contributed by atoms with E-state index >= 15 is 0 Å². The predicted octanol–water partition coefficient (Wildman–Crippen LogP) is 1.61. The Morgan fingerprint density at radius 2 is 2.33 bits per heavy atom. The first-order valence-electron chi connectivity index (χ1n) is 5.91. The van der Waals surface area contributed by atoms with Crippen molar-refractivity contribution in [2.45, 2.75) is 19.4 Å². The number of halogens is 2. The maximum Gasteiger partial charge on any atom is 0.227 e. The van der Waals surface area contributed by atoms with Gasteiger partial charge in [-0.1, -0.05) is 12.1 Å². The van der Waals surface area contributed by atoms with E-state index in [0.717, 1.165) is 25.2 Å². The normalized spacial score (nSPS) is 19.2. The summed E-state index contributed by atoms with van der Waals surface area (Å²) in [7, 11) is 0. The monoisotopic (exact) mass is 272 g/mol. The second-order valence-electron chi connectivity index (χ2n) is 4.45. The Balaban J connectivity index is 0.00000162. The number of rotatable bonds is 2. The first-order chi connectivity index (χ1) is 8.16. The van der Waals surface area contributed by atoms with E-state index in [2.05, 4.69) is 5.32 Å². The van der Waals surface area contributed by atoms with E-state index in [4.69, 9.17) is 0 Å². The van der Waals surface area contributed by atoms with Crippen molar-refractivity contribution < 1.29 is 9.18 Å². The molecular weight excluding hydrogens is 255 g/mol. The summed E-state index contributed by atoms with van der Waals surface area (Å²) < 4.78 is 13.0. The number of piperazine rings is 1. The molecule has 0 unspecified atom stereocenters. The van der Waals surface area contributed by atoms with E-state index in [1.165, 1.54) is 12.1 Å². The summed E-state index contributed by atoms with van der Waals surface area (Å²) in [5.74, 6) is -0.215. The molecular formula is C13H18ClFN2O. The Morgan fingerprint density at radius 1 is 1.56 bits per heavy atom. The second kappa shape index (κ2) is 6.71. The number of amides is 1. The molecule has 0 bridgehead atoms. The van der Waals surface area contributed by atoms with Crippen molar-refractivity contribution in [3.05, 3.63) is 35.6 Å². The van der Waals surface area contributed by atoms with E-state index in [0.29, 0.717) is 0 Å². The standard InChI is InChI=1S/C13H17FN2O.ClH/c1-10-9-15-5-6-16(10)13(17)8-11-3-2-4-12(14)7-11;/h2-4,7,10,15H,5-6,8-9H2,1H3;1H/t10-;/m0./s1. The quantitative estimate of drug-likeness (QED) is 0.887. The molecule has 1 aliphatic rings. The van der Waals surface area contributed by atoms with Crippen LogP contribution in [-0.4, -0.2) is 36.5 Å². The molecule has 0 aliphatic carbocycles. The first-order valence-corrected chi connectivity index (χ1v) is 5.91. The molecule has 0 aromatic heterocycles. The fraction of sp³-hybridized carbons (Fsp3) is 0.462. The minimum atomic E-state index is -0.288. The van der Waals surface area contributed by atoms with Crippen LogP contribution in [0.1, 0.15) is 12.5 Å². The van der Waals surface area contributed by atoms with Crippen LogP contribution in [0.2, 0.25) is 0 Å². The van der Waals surface area contributed by atoms with Crippen molar-refractivity contribution in [3.63, 3.8) is 0 Å². The van der Waals surface area contributed by atoms with Crippen LogP contribution in [-0.2, 0) is 11.2 Å². The predicted molar refractivity (Wildman–Crippen MR) is 71.4 cm³/mol. The fourth-order valence-electron chi connectivity index (χ4n) is 2.13. The molecule has 2 rings (SSSR count). The molecule has 1 N–H and O–H groups in total. The van der Waals surface area contributed by atoms with Gasteiger partial charge in [0, 0.05) is 25.7 Å². The van der Waals surface area contributed by atoms with Crippen LogP contribution in [0.5, 0.6) is 0 Å². The van der Waals surface area contributed by atoms with Crippen molar-refractivity contribution in [1.29, 1.82) is 0 Å². The van der Waals surface area contributed by atoms with Crippen LogP contribution in [0, 0.1) is 5.82 Å². The van der Waals surface area contributed by atoms with Crippen LogP contribution in [0.3, 0.4) is 0 Å². The molecule has 1 aromatic rings. The molecule has 18 heavy (non-hydrogen) atoms. The van der Waals surface area contributed by atoms with Crippen LogP contribution >= 0.6 is 12.4 Å². The average Bonchev–Trinajstić information content (AvgIpc) is 2.29. The van der Waals surface area contributed by atoms with E-state index in [1.54, 1.807) is 12.1 Å². The molecule has 5 heteroatoms. The van der Waals surface area contributed by atoms with Gasteiger partial charge in [-0.25, -0.2) is 4.39 Å². The van der Waals surface area contributed by atoms with E-state index < -0.39 is 0 Å². The highest BCUT2D eigenvalue weighted by Gasteiger charge is 2.22. The Kier molecular flexibility index (Phi) is 5.56. The minimum absolute atomic E-state index is 0. The summed E-state index contributed by atoms with van der Waals surface area (Å²) in [6.45, 7) is 4.42. The maximum absolute atomic E-state index is 13.0. The Hall–Kier alpha value is -1.13. The van der Waals surface area contributed by atoms with Gasteiger partial charge < -0.3 is 10.2 Å². The van der Waals surface area contributed by atoms with Crippen molar-refractivity contribution in [3.8, 4) is 0 Å². The van der Waals surface area contributed by atoms with Crippen LogP contribution in [0.4, 0.5) is 4.39 Å². The summed E-state index contributed by atoms with van der Waals surface area (Å²) in [6, 6.07) is 6.45. The second-order valence-corrected chi connectivity index (χ2v) is 4.45. The molecule has 100 valence electrons. The molecule has 0 saturated carbocycles. The lowest BCUT2D eigenvalue weighted by Gasteiger charge is -2.34. The Bertz CT molecular complexity index is 414. The number of benzene rings is 1. The number of carbonyl (C=O) groups is 1. The van der Waals surface area contributed by atoms with Crippen LogP contribution < -0.4 is 5.32 Å². The highest BCUT2D eigenvalue weighted by Crippen LogP contribution is 2.09. The number of nitrogens with zero attached hydrogens (tertiary/aromatic N) is 1. The number of hydrogen-bond donors (Lipinski definition) is 1. The summed E-state index contributed by atoms with van der Waals surface area (Å²) in [4.78, 5) is 13.9. The van der Waals surface area contributed by atoms with Gasteiger partial charge in [0.25, 0.3) is 0 Å². The van der Waals surface area contributed by atoms with Crippen molar-refractivity contribution in [1.82, 2.24) is 10.2 Å². The fourth-order valence-corrected chi connectivity index (χ4v) is 2.13. The van der Waals surface area contributed by atoms with Gasteiger partial charge in [0.15, 0.2) is 0 Å². The summed E-state index contributed by atoms with van der Waals surface area (Å²) in [5.41, 5.74) is 0.737. The zero-order valence-electron chi connectivity index (χ0n) is 10.4. The summed E-state index contributed by atoms with van der Waals surface area (Å²) in [5, 5.41) is 3.24. The van der Waals surface area contributed by atoms with Gasteiger partial charge >= 0.3 is 0 Å². The molecule has 1 aliphatic heterocycles. The molecule has 1 amide bonds.